The lowest BCUT2D eigenvalue weighted by Crippen LogP contribution is -2.23. The van der Waals surface area contributed by atoms with Gasteiger partial charge in [-0.3, -0.25) is 4.79 Å². The monoisotopic (exact) mass is 353 g/mol. The van der Waals surface area contributed by atoms with Gasteiger partial charge >= 0.3 is 10.1 Å². The van der Waals surface area contributed by atoms with Crippen molar-refractivity contribution in [2.45, 2.75) is 17.7 Å². The van der Waals surface area contributed by atoms with E-state index in [0.29, 0.717) is 36.9 Å². The highest BCUT2D eigenvalue weighted by Crippen LogP contribution is 2.26. The number of nitrogens with zero attached hydrogens (tertiary/aromatic N) is 1. The Morgan fingerprint density at radius 3 is 2.17 bits per heavy atom. The number of hydrogen-bond donors (Lipinski definition) is 0. The summed E-state index contributed by atoms with van der Waals surface area (Å²) in [4.78, 5) is 12.7. The van der Waals surface area contributed by atoms with E-state index in [0.717, 1.165) is 6.42 Å². The van der Waals surface area contributed by atoms with Crippen LogP contribution in [-0.2, 0) is 14.9 Å². The second-order valence-corrected chi connectivity index (χ2v) is 6.83. The lowest BCUT2D eigenvalue weighted by Gasteiger charge is -2.16. The van der Waals surface area contributed by atoms with Gasteiger partial charge in [0.15, 0.2) is 0 Å². The Morgan fingerprint density at radius 2 is 1.62 bits per heavy atom. The van der Waals surface area contributed by atoms with Crippen LogP contribution in [0.15, 0.2) is 47.4 Å². The van der Waals surface area contributed by atoms with E-state index in [4.69, 9.17) is 4.18 Å². The van der Waals surface area contributed by atoms with Gasteiger partial charge < -0.3 is 9.08 Å². The topological polar surface area (TPSA) is 63.7 Å². The maximum atomic E-state index is 13.2. The number of amides is 1. The average Bonchev–Trinajstić information content (AvgIpc) is 2.93. The van der Waals surface area contributed by atoms with Crippen molar-refractivity contribution < 1.29 is 26.2 Å². The minimum Gasteiger partial charge on any atom is -0.379 e. The van der Waals surface area contributed by atoms with E-state index < -0.39 is 26.6 Å². The molecule has 1 aliphatic rings. The van der Waals surface area contributed by atoms with Crippen molar-refractivity contribution in [3.63, 3.8) is 0 Å². The van der Waals surface area contributed by atoms with Gasteiger partial charge in [0.2, 0.25) is 5.91 Å². The standard InChI is InChI=1S/C16H13F2NO4S/c17-11-8-12(18)10-15(9-11)24(21,22)23-14-5-3-13(4-6-14)19-7-1-2-16(19)20/h3-6,8-10H,1-2,7H2. The molecular formula is C16H13F2NO4S. The summed E-state index contributed by atoms with van der Waals surface area (Å²) in [6, 6.07) is 7.80. The summed E-state index contributed by atoms with van der Waals surface area (Å²) in [7, 11) is -4.36. The molecule has 0 aliphatic carbocycles. The maximum Gasteiger partial charge on any atom is 0.339 e. The quantitative estimate of drug-likeness (QED) is 0.793. The summed E-state index contributed by atoms with van der Waals surface area (Å²) in [5, 5.41) is 0. The normalized spacial score (nSPS) is 14.9. The fourth-order valence-corrected chi connectivity index (χ4v) is 3.42. The van der Waals surface area contributed by atoms with Crippen molar-refractivity contribution >= 4 is 21.7 Å². The van der Waals surface area contributed by atoms with Gasteiger partial charge in [-0.25, -0.2) is 8.78 Å². The molecule has 0 saturated carbocycles. The molecule has 8 heteroatoms. The zero-order chi connectivity index (χ0) is 17.3. The molecular weight excluding hydrogens is 340 g/mol. The largest absolute Gasteiger partial charge is 0.379 e. The second kappa shape index (κ2) is 6.20. The molecule has 0 radical (unpaired) electrons. The molecule has 0 unspecified atom stereocenters. The fourth-order valence-electron chi connectivity index (χ4n) is 2.45. The Balaban J connectivity index is 1.81. The molecule has 0 bridgehead atoms. The van der Waals surface area contributed by atoms with Crippen LogP contribution in [0.3, 0.4) is 0 Å². The van der Waals surface area contributed by atoms with Crippen molar-refractivity contribution in [1.29, 1.82) is 0 Å². The lowest BCUT2D eigenvalue weighted by molar-refractivity contribution is -0.117. The molecule has 24 heavy (non-hydrogen) atoms. The fraction of sp³-hybridized carbons (Fsp3) is 0.188. The van der Waals surface area contributed by atoms with Crippen molar-refractivity contribution in [2.75, 3.05) is 11.4 Å². The van der Waals surface area contributed by atoms with Crippen LogP contribution < -0.4 is 9.08 Å². The molecule has 0 atom stereocenters. The van der Waals surface area contributed by atoms with Crippen molar-refractivity contribution in [3.05, 3.63) is 54.1 Å². The third-order valence-electron chi connectivity index (χ3n) is 3.55. The lowest BCUT2D eigenvalue weighted by atomic mass is 10.3. The predicted molar refractivity (Wildman–Crippen MR) is 82.2 cm³/mol. The zero-order valence-corrected chi connectivity index (χ0v) is 13.2. The summed E-state index contributed by atoms with van der Waals surface area (Å²) in [6.07, 6.45) is 1.26. The molecule has 1 saturated heterocycles. The van der Waals surface area contributed by atoms with Gasteiger partial charge in [-0.2, -0.15) is 8.42 Å². The molecule has 0 aromatic heterocycles. The van der Waals surface area contributed by atoms with Gasteiger partial charge in [-0.1, -0.05) is 0 Å². The van der Waals surface area contributed by atoms with E-state index in [1.165, 1.54) is 12.1 Å². The number of hydrogen-bond acceptors (Lipinski definition) is 4. The molecule has 2 aromatic rings. The number of rotatable bonds is 4. The van der Waals surface area contributed by atoms with Crippen LogP contribution in [0.4, 0.5) is 14.5 Å². The molecule has 0 N–H and O–H groups in total. The Kier molecular flexibility index (Phi) is 4.23. The average molecular weight is 353 g/mol. The number of halogens is 2. The van der Waals surface area contributed by atoms with E-state index in [-0.39, 0.29) is 11.7 Å². The van der Waals surface area contributed by atoms with Crippen molar-refractivity contribution in [3.8, 4) is 5.75 Å². The van der Waals surface area contributed by atoms with E-state index in [1.54, 1.807) is 17.0 Å². The smallest absolute Gasteiger partial charge is 0.339 e. The third-order valence-corrected chi connectivity index (χ3v) is 4.78. The van der Waals surface area contributed by atoms with Gasteiger partial charge in [-0.15, -0.1) is 0 Å². The zero-order valence-electron chi connectivity index (χ0n) is 12.4. The first-order valence-corrected chi connectivity index (χ1v) is 8.57. The number of benzene rings is 2. The summed E-state index contributed by atoms with van der Waals surface area (Å²) in [5.41, 5.74) is 0.638. The van der Waals surface area contributed by atoms with Crippen LogP contribution in [0.25, 0.3) is 0 Å². The minimum atomic E-state index is -4.36. The summed E-state index contributed by atoms with van der Waals surface area (Å²) in [6.45, 7) is 0.611. The van der Waals surface area contributed by atoms with Crippen LogP contribution in [0.2, 0.25) is 0 Å². The highest BCUT2D eigenvalue weighted by Gasteiger charge is 2.22. The van der Waals surface area contributed by atoms with Crippen LogP contribution in [0.5, 0.6) is 5.75 Å². The van der Waals surface area contributed by atoms with Crippen LogP contribution in [0, 0.1) is 11.6 Å². The first kappa shape index (κ1) is 16.4. The molecule has 126 valence electrons. The van der Waals surface area contributed by atoms with Crippen molar-refractivity contribution in [1.82, 2.24) is 0 Å². The van der Waals surface area contributed by atoms with Crippen LogP contribution >= 0.6 is 0 Å². The Labute approximate surface area is 137 Å². The van der Waals surface area contributed by atoms with Gasteiger partial charge in [0.1, 0.15) is 22.3 Å². The third kappa shape index (κ3) is 3.38. The van der Waals surface area contributed by atoms with Gasteiger partial charge in [0, 0.05) is 24.7 Å². The maximum absolute atomic E-state index is 13.2. The highest BCUT2D eigenvalue weighted by atomic mass is 32.2. The first-order chi connectivity index (χ1) is 11.3. The first-order valence-electron chi connectivity index (χ1n) is 7.16. The SMILES string of the molecule is O=C1CCCN1c1ccc(OS(=O)(=O)c2cc(F)cc(F)c2)cc1. The molecule has 1 heterocycles. The molecule has 2 aromatic carbocycles. The van der Waals surface area contributed by atoms with E-state index in [9.17, 15) is 22.0 Å². The molecule has 5 nitrogen and oxygen atoms in total. The molecule has 1 fully saturated rings. The van der Waals surface area contributed by atoms with Gasteiger partial charge in [-0.05, 0) is 42.8 Å². The van der Waals surface area contributed by atoms with E-state index in [2.05, 4.69) is 0 Å². The minimum absolute atomic E-state index is 0.00604. The van der Waals surface area contributed by atoms with Crippen molar-refractivity contribution in [2.24, 2.45) is 0 Å². The molecule has 1 aliphatic heterocycles. The summed E-state index contributed by atoms with van der Waals surface area (Å²) in [5.74, 6) is -2.04. The number of anilines is 1. The van der Waals surface area contributed by atoms with Gasteiger partial charge in [0.25, 0.3) is 0 Å². The predicted octanol–water partition coefficient (Wildman–Crippen LogP) is 2.86. The molecule has 0 spiro atoms. The Hall–Kier alpha value is -2.48. The second-order valence-electron chi connectivity index (χ2n) is 5.29. The Bertz CT molecular complexity index is 861. The summed E-state index contributed by atoms with van der Waals surface area (Å²) < 4.78 is 55.4. The molecule has 1 amide bonds. The van der Waals surface area contributed by atoms with Gasteiger partial charge in [0.05, 0.1) is 0 Å². The molecule has 3 rings (SSSR count). The highest BCUT2D eigenvalue weighted by molar-refractivity contribution is 7.87. The Morgan fingerprint density at radius 1 is 1.00 bits per heavy atom. The van der Waals surface area contributed by atoms with Crippen LogP contribution in [-0.4, -0.2) is 20.9 Å². The van der Waals surface area contributed by atoms with E-state index in [1.807, 2.05) is 0 Å². The number of carbonyl (C=O) groups is 1. The summed E-state index contributed by atoms with van der Waals surface area (Å²) >= 11 is 0. The van der Waals surface area contributed by atoms with E-state index >= 15 is 0 Å². The number of carbonyl (C=O) groups excluding carboxylic acids is 1. The van der Waals surface area contributed by atoms with Crippen LogP contribution in [0.1, 0.15) is 12.8 Å².